The predicted molar refractivity (Wildman–Crippen MR) is 381 cm³/mol. The molecule has 0 fully saturated rings. The van der Waals surface area contributed by atoms with Crippen molar-refractivity contribution in [3.8, 4) is 0 Å². The summed E-state index contributed by atoms with van der Waals surface area (Å²) in [6, 6.07) is 0. The molecule has 3 N–H and O–H groups in total. The number of allylic oxidation sites excluding steroid dienone is 4. The lowest BCUT2D eigenvalue weighted by Gasteiger charge is -2.21. The molecule has 0 spiro atoms. The Morgan fingerprint density at radius 1 is 0.351 bits per heavy atom. The molecule has 3 unspecified atom stereocenters. The zero-order chi connectivity index (χ0) is 69.3. The summed E-state index contributed by atoms with van der Waals surface area (Å²) in [6.07, 6.45) is 56.2. The van der Waals surface area contributed by atoms with Crippen molar-refractivity contribution >= 4 is 39.5 Å². The van der Waals surface area contributed by atoms with Crippen LogP contribution in [0.3, 0.4) is 0 Å². The highest BCUT2D eigenvalue weighted by atomic mass is 31.2. The Morgan fingerprint density at radius 2 is 0.628 bits per heavy atom. The molecule has 0 aliphatic carbocycles. The van der Waals surface area contributed by atoms with E-state index in [1.54, 1.807) is 0 Å². The van der Waals surface area contributed by atoms with Crippen LogP contribution in [0, 0.1) is 11.8 Å². The number of phosphoric ester groups is 2. The van der Waals surface area contributed by atoms with Gasteiger partial charge in [0.15, 0.2) is 12.2 Å². The van der Waals surface area contributed by atoms with E-state index in [0.29, 0.717) is 25.7 Å². The van der Waals surface area contributed by atoms with Gasteiger partial charge in [-0.2, -0.15) is 0 Å². The number of hydrogen-bond donors (Lipinski definition) is 3. The van der Waals surface area contributed by atoms with E-state index in [1.165, 1.54) is 161 Å². The summed E-state index contributed by atoms with van der Waals surface area (Å²) in [4.78, 5) is 72.7. The lowest BCUT2D eigenvalue weighted by atomic mass is 10.00. The molecule has 0 aliphatic heterocycles. The van der Waals surface area contributed by atoms with Gasteiger partial charge in [-0.05, 0) is 63.2 Å². The summed E-state index contributed by atoms with van der Waals surface area (Å²) in [7, 11) is -9.92. The summed E-state index contributed by atoms with van der Waals surface area (Å²) in [6.45, 7) is 9.49. The lowest BCUT2D eigenvalue weighted by molar-refractivity contribution is -0.161. The van der Waals surface area contributed by atoms with Gasteiger partial charge < -0.3 is 33.8 Å². The van der Waals surface area contributed by atoms with E-state index < -0.39 is 97.5 Å². The van der Waals surface area contributed by atoms with Crippen LogP contribution in [0.5, 0.6) is 0 Å². The maximum Gasteiger partial charge on any atom is 0.472 e. The molecule has 0 radical (unpaired) electrons. The van der Waals surface area contributed by atoms with Gasteiger partial charge in [-0.25, -0.2) is 9.13 Å². The van der Waals surface area contributed by atoms with Crippen LogP contribution in [0.4, 0.5) is 0 Å². The van der Waals surface area contributed by atoms with Crippen molar-refractivity contribution in [3.05, 3.63) is 24.3 Å². The standard InChI is InChI=1S/C75H142O17P2/c1-7-10-12-14-16-18-20-22-24-26-32-36-40-48-54-60-74(79)91-70(63-85-72(77)57-51-45-38-34-30-28-27-29-33-37-43-49-55-67(4)5)65-89-93(81,82)87-61-69(76)62-88-94(83,84)90-66-71(64-86-73(78)58-52-46-42-41-44-50-56-68(6)9-3)92-75(80)59-53-47-39-35-31-25-23-21-19-17-15-13-11-8-2/h18,20,22,24,67-71,76H,7-17,19,21,23,25-66H2,1-6H3,(H,81,82)(H,83,84)/b20-18-,24-22-/t68?,69-,70-,71-/m1/s1. The Hall–Kier alpha value is -2.46. The van der Waals surface area contributed by atoms with Crippen LogP contribution >= 0.6 is 15.6 Å². The fourth-order valence-electron chi connectivity index (χ4n) is 10.9. The van der Waals surface area contributed by atoms with E-state index in [1.807, 2.05) is 0 Å². The normalized spacial score (nSPS) is 14.5. The first-order valence-corrected chi connectivity index (χ1v) is 41.3. The Kier molecular flexibility index (Phi) is 64.7. The molecule has 0 aliphatic rings. The number of aliphatic hydroxyl groups is 1. The molecule has 19 heteroatoms. The van der Waals surface area contributed by atoms with Crippen LogP contribution < -0.4 is 0 Å². The number of rotatable bonds is 72. The molecular formula is C75H142O17P2. The Morgan fingerprint density at radius 3 is 0.957 bits per heavy atom. The third-order valence-corrected chi connectivity index (χ3v) is 19.1. The van der Waals surface area contributed by atoms with Gasteiger partial charge in [-0.15, -0.1) is 0 Å². The molecule has 554 valence electrons. The van der Waals surface area contributed by atoms with Crippen LogP contribution in [0.15, 0.2) is 24.3 Å². The third-order valence-electron chi connectivity index (χ3n) is 17.2. The molecular weight excluding hydrogens is 1230 g/mol. The van der Waals surface area contributed by atoms with Gasteiger partial charge in [0, 0.05) is 25.7 Å². The van der Waals surface area contributed by atoms with Crippen LogP contribution in [0.25, 0.3) is 0 Å². The van der Waals surface area contributed by atoms with Crippen molar-refractivity contribution in [2.24, 2.45) is 11.8 Å². The monoisotopic (exact) mass is 1380 g/mol. The van der Waals surface area contributed by atoms with Gasteiger partial charge >= 0.3 is 39.5 Å². The van der Waals surface area contributed by atoms with E-state index in [-0.39, 0.29) is 25.7 Å². The van der Waals surface area contributed by atoms with E-state index in [2.05, 4.69) is 65.8 Å². The first-order valence-electron chi connectivity index (χ1n) is 38.3. The molecule has 0 aromatic rings. The molecule has 0 bridgehead atoms. The topological polar surface area (TPSA) is 237 Å². The van der Waals surface area contributed by atoms with E-state index in [0.717, 1.165) is 121 Å². The second-order valence-corrected chi connectivity index (χ2v) is 30.0. The molecule has 0 amide bonds. The molecule has 0 saturated carbocycles. The molecule has 0 aromatic heterocycles. The van der Waals surface area contributed by atoms with Crippen molar-refractivity contribution < 1.29 is 80.2 Å². The third kappa shape index (κ3) is 66.8. The highest BCUT2D eigenvalue weighted by Gasteiger charge is 2.30. The van der Waals surface area contributed by atoms with Gasteiger partial charge in [0.25, 0.3) is 0 Å². The van der Waals surface area contributed by atoms with Crippen LogP contribution in [0.1, 0.15) is 363 Å². The summed E-state index contributed by atoms with van der Waals surface area (Å²) in [5.74, 6) is -0.639. The van der Waals surface area contributed by atoms with Crippen molar-refractivity contribution in [3.63, 3.8) is 0 Å². The highest BCUT2D eigenvalue weighted by Crippen LogP contribution is 2.45. The van der Waals surface area contributed by atoms with Gasteiger partial charge in [0.05, 0.1) is 26.4 Å². The maximum absolute atomic E-state index is 13.1. The first kappa shape index (κ1) is 91.5. The Balaban J connectivity index is 5.29. The minimum Gasteiger partial charge on any atom is -0.462 e. The molecule has 94 heavy (non-hydrogen) atoms. The Bertz CT molecular complexity index is 1920. The number of unbranched alkanes of at least 4 members (excludes halogenated alkanes) is 38. The van der Waals surface area contributed by atoms with Crippen molar-refractivity contribution in [1.29, 1.82) is 0 Å². The average Bonchev–Trinajstić information content (AvgIpc) is 1.40. The average molecular weight is 1380 g/mol. The largest absolute Gasteiger partial charge is 0.472 e. The maximum atomic E-state index is 13.1. The number of ether oxygens (including phenoxy) is 4. The number of aliphatic hydroxyl groups excluding tert-OH is 1. The summed E-state index contributed by atoms with van der Waals surface area (Å²) in [5.41, 5.74) is 0. The van der Waals surface area contributed by atoms with E-state index in [9.17, 15) is 43.2 Å². The zero-order valence-corrected chi connectivity index (χ0v) is 62.5. The number of esters is 4. The molecule has 0 saturated heterocycles. The summed E-state index contributed by atoms with van der Waals surface area (Å²) >= 11 is 0. The molecule has 0 heterocycles. The fourth-order valence-corrected chi connectivity index (χ4v) is 12.5. The van der Waals surface area contributed by atoms with Crippen LogP contribution in [-0.2, 0) is 65.4 Å². The van der Waals surface area contributed by atoms with Gasteiger partial charge in [0.1, 0.15) is 19.3 Å². The minimum absolute atomic E-state index is 0.0849. The summed E-state index contributed by atoms with van der Waals surface area (Å²) < 4.78 is 68.4. The molecule has 6 atom stereocenters. The van der Waals surface area contributed by atoms with Gasteiger partial charge in [-0.1, -0.05) is 310 Å². The molecule has 0 aromatic carbocycles. The van der Waals surface area contributed by atoms with Crippen molar-refractivity contribution in [1.82, 2.24) is 0 Å². The lowest BCUT2D eigenvalue weighted by Crippen LogP contribution is -2.30. The van der Waals surface area contributed by atoms with Crippen LogP contribution in [0.2, 0.25) is 0 Å². The number of phosphoric acid groups is 2. The zero-order valence-electron chi connectivity index (χ0n) is 60.7. The minimum atomic E-state index is -4.96. The second kappa shape index (κ2) is 66.4. The number of carbonyl (C=O) groups excluding carboxylic acids is 4. The smallest absolute Gasteiger partial charge is 0.462 e. The highest BCUT2D eigenvalue weighted by molar-refractivity contribution is 7.47. The Labute approximate surface area is 573 Å². The van der Waals surface area contributed by atoms with Crippen molar-refractivity contribution in [2.45, 2.75) is 381 Å². The molecule has 17 nitrogen and oxygen atoms in total. The predicted octanol–water partition coefficient (Wildman–Crippen LogP) is 21.5. The second-order valence-electron chi connectivity index (χ2n) is 27.1. The van der Waals surface area contributed by atoms with Gasteiger partial charge in [0.2, 0.25) is 0 Å². The quantitative estimate of drug-likeness (QED) is 0.0169. The molecule has 0 rings (SSSR count). The number of carbonyl (C=O) groups is 4. The van der Waals surface area contributed by atoms with E-state index in [4.69, 9.17) is 37.0 Å². The van der Waals surface area contributed by atoms with Gasteiger partial charge in [-0.3, -0.25) is 37.3 Å². The first-order chi connectivity index (χ1) is 45.4. The van der Waals surface area contributed by atoms with E-state index >= 15 is 0 Å². The summed E-state index contributed by atoms with van der Waals surface area (Å²) in [5, 5.41) is 10.6. The fraction of sp³-hybridized carbons (Fsp3) is 0.893. The SMILES string of the molecule is CCCCCC/C=C\C=C/CCCCCCCC(=O)O[C@H](COC(=O)CCCCCCCCCCCCCCC(C)C)COP(=O)(O)OC[C@@H](O)COP(=O)(O)OC[C@@H](COC(=O)CCCCCCCCC(C)CC)OC(=O)CCCCCCCCCCCCCCCC. The van der Waals surface area contributed by atoms with Crippen molar-refractivity contribution in [2.75, 3.05) is 39.6 Å². The van der Waals surface area contributed by atoms with Crippen LogP contribution in [-0.4, -0.2) is 96.7 Å². The number of hydrogen-bond acceptors (Lipinski definition) is 15.